The van der Waals surface area contributed by atoms with Crippen LogP contribution in [0.4, 0.5) is 4.79 Å². The van der Waals surface area contributed by atoms with E-state index in [1.165, 1.54) is 7.05 Å². The van der Waals surface area contributed by atoms with E-state index >= 15 is 0 Å². The standard InChI is InChI=1S/C24H20BrNO4/c1-26(22(23(27)28)15-7-6-8-16(25)13-15)24(29)30-14-21-19-11-4-2-9-17(19)18-10-3-5-12-20(18)21/h2-13,21-22H,14H2,1H3,(H,27,28). The number of aliphatic carboxylic acids is 1. The van der Waals surface area contributed by atoms with Gasteiger partial charge < -0.3 is 9.84 Å². The summed E-state index contributed by atoms with van der Waals surface area (Å²) in [5.41, 5.74) is 4.99. The first-order valence-electron chi connectivity index (χ1n) is 9.53. The second-order valence-electron chi connectivity index (χ2n) is 7.21. The Bertz CT molecular complexity index is 1070. The number of benzene rings is 3. The Morgan fingerprint density at radius 2 is 1.60 bits per heavy atom. The number of carboxylic acids is 1. The van der Waals surface area contributed by atoms with Gasteiger partial charge >= 0.3 is 12.1 Å². The van der Waals surface area contributed by atoms with Gasteiger partial charge in [0.05, 0.1) is 0 Å². The van der Waals surface area contributed by atoms with E-state index in [0.717, 1.165) is 31.6 Å². The molecule has 4 rings (SSSR count). The maximum Gasteiger partial charge on any atom is 0.410 e. The highest BCUT2D eigenvalue weighted by Crippen LogP contribution is 2.44. The van der Waals surface area contributed by atoms with Gasteiger partial charge in [-0.15, -0.1) is 0 Å². The highest BCUT2D eigenvalue weighted by Gasteiger charge is 2.32. The Kier molecular flexibility index (Phi) is 5.59. The molecule has 0 aromatic heterocycles. The minimum atomic E-state index is -1.14. The molecule has 0 spiro atoms. The number of fused-ring (bicyclic) bond motifs is 3. The maximum atomic E-state index is 12.8. The molecule has 1 unspecified atom stereocenters. The monoisotopic (exact) mass is 465 g/mol. The zero-order chi connectivity index (χ0) is 21.3. The number of hydrogen-bond donors (Lipinski definition) is 1. The van der Waals surface area contributed by atoms with Crippen molar-refractivity contribution >= 4 is 28.0 Å². The lowest BCUT2D eigenvalue weighted by Gasteiger charge is -2.25. The van der Waals surface area contributed by atoms with Crippen LogP contribution < -0.4 is 0 Å². The van der Waals surface area contributed by atoms with Gasteiger partial charge in [0, 0.05) is 17.4 Å². The molecule has 3 aromatic rings. The van der Waals surface area contributed by atoms with E-state index in [1.54, 1.807) is 24.3 Å². The number of hydrogen-bond acceptors (Lipinski definition) is 3. The first-order valence-corrected chi connectivity index (χ1v) is 10.3. The maximum absolute atomic E-state index is 12.8. The number of carbonyl (C=O) groups excluding carboxylic acids is 1. The topological polar surface area (TPSA) is 66.8 Å². The Hall–Kier alpha value is -3.12. The highest BCUT2D eigenvalue weighted by atomic mass is 79.9. The molecule has 0 radical (unpaired) electrons. The lowest BCUT2D eigenvalue weighted by atomic mass is 9.98. The molecule has 6 heteroatoms. The highest BCUT2D eigenvalue weighted by molar-refractivity contribution is 9.10. The molecule has 3 aromatic carbocycles. The third-order valence-corrected chi connectivity index (χ3v) is 5.90. The summed E-state index contributed by atoms with van der Waals surface area (Å²) in [7, 11) is 1.44. The Morgan fingerprint density at radius 1 is 1.00 bits per heavy atom. The molecule has 5 nitrogen and oxygen atoms in total. The molecule has 0 heterocycles. The molecule has 152 valence electrons. The third kappa shape index (κ3) is 3.71. The zero-order valence-corrected chi connectivity index (χ0v) is 17.9. The molecule has 1 N–H and O–H groups in total. The van der Waals surface area contributed by atoms with Crippen molar-refractivity contribution in [2.24, 2.45) is 0 Å². The minimum Gasteiger partial charge on any atom is -0.479 e. The van der Waals surface area contributed by atoms with Crippen LogP contribution in [0.25, 0.3) is 11.1 Å². The molecule has 0 aliphatic heterocycles. The summed E-state index contributed by atoms with van der Waals surface area (Å²) < 4.78 is 6.34. The van der Waals surface area contributed by atoms with Crippen LogP contribution in [-0.2, 0) is 9.53 Å². The van der Waals surface area contributed by atoms with Gasteiger partial charge in [-0.05, 0) is 39.9 Å². The zero-order valence-electron chi connectivity index (χ0n) is 16.3. The largest absolute Gasteiger partial charge is 0.479 e. The van der Waals surface area contributed by atoms with Crippen molar-refractivity contribution in [3.05, 3.63) is 94.0 Å². The predicted octanol–water partition coefficient (Wildman–Crippen LogP) is 5.46. The molecule has 1 atom stereocenters. The second kappa shape index (κ2) is 8.32. The van der Waals surface area contributed by atoms with Crippen LogP contribution in [0.3, 0.4) is 0 Å². The number of nitrogens with zero attached hydrogens (tertiary/aromatic N) is 1. The Morgan fingerprint density at radius 3 is 2.17 bits per heavy atom. The van der Waals surface area contributed by atoms with Crippen molar-refractivity contribution in [2.45, 2.75) is 12.0 Å². The van der Waals surface area contributed by atoms with Crippen LogP contribution >= 0.6 is 15.9 Å². The number of amides is 1. The average Bonchev–Trinajstić information content (AvgIpc) is 3.06. The van der Waals surface area contributed by atoms with Gasteiger partial charge in [-0.1, -0.05) is 76.6 Å². The van der Waals surface area contributed by atoms with E-state index in [2.05, 4.69) is 28.1 Å². The summed E-state index contributed by atoms with van der Waals surface area (Å²) in [6, 6.07) is 21.9. The van der Waals surface area contributed by atoms with Gasteiger partial charge in [0.15, 0.2) is 6.04 Å². The van der Waals surface area contributed by atoms with Crippen LogP contribution in [0, 0.1) is 0 Å². The van der Waals surface area contributed by atoms with E-state index < -0.39 is 18.1 Å². The molecule has 0 fully saturated rings. The molecular weight excluding hydrogens is 446 g/mol. The molecule has 0 saturated heterocycles. The fourth-order valence-electron chi connectivity index (χ4n) is 4.01. The fraction of sp³-hybridized carbons (Fsp3) is 0.167. The number of ether oxygens (including phenoxy) is 1. The number of halogens is 1. The van der Waals surface area contributed by atoms with Gasteiger partial charge in [0.2, 0.25) is 0 Å². The minimum absolute atomic E-state index is 0.0797. The van der Waals surface area contributed by atoms with Crippen LogP contribution in [0.15, 0.2) is 77.3 Å². The summed E-state index contributed by atoms with van der Waals surface area (Å²) >= 11 is 3.34. The summed E-state index contributed by atoms with van der Waals surface area (Å²) in [6.45, 7) is 0.141. The van der Waals surface area contributed by atoms with E-state index in [9.17, 15) is 14.7 Å². The number of carboxylic acid groups (broad SMARTS) is 1. The van der Waals surface area contributed by atoms with Gasteiger partial charge in [-0.2, -0.15) is 0 Å². The number of rotatable bonds is 5. The predicted molar refractivity (Wildman–Crippen MR) is 117 cm³/mol. The number of likely N-dealkylation sites (N-methyl/N-ethyl adjacent to an activating group) is 1. The molecular formula is C24H20BrNO4. The van der Waals surface area contributed by atoms with Crippen LogP contribution in [-0.4, -0.2) is 35.7 Å². The van der Waals surface area contributed by atoms with Crippen LogP contribution in [0.5, 0.6) is 0 Å². The normalized spacial score (nSPS) is 13.3. The van der Waals surface area contributed by atoms with Gasteiger partial charge in [-0.25, -0.2) is 9.59 Å². The summed E-state index contributed by atoms with van der Waals surface area (Å²) in [6.07, 6.45) is -0.677. The average molecular weight is 466 g/mol. The third-order valence-electron chi connectivity index (χ3n) is 5.41. The van der Waals surface area contributed by atoms with E-state index in [4.69, 9.17) is 4.74 Å². The summed E-state index contributed by atoms with van der Waals surface area (Å²) in [5, 5.41) is 9.71. The second-order valence-corrected chi connectivity index (χ2v) is 8.13. The quantitative estimate of drug-likeness (QED) is 0.543. The van der Waals surface area contributed by atoms with E-state index in [-0.39, 0.29) is 12.5 Å². The lowest BCUT2D eigenvalue weighted by molar-refractivity contribution is -0.142. The van der Waals surface area contributed by atoms with Gasteiger partial charge in [0.25, 0.3) is 0 Å². The molecule has 0 saturated carbocycles. The summed E-state index contributed by atoms with van der Waals surface area (Å²) in [4.78, 5) is 25.8. The van der Waals surface area contributed by atoms with E-state index in [0.29, 0.717) is 5.56 Å². The van der Waals surface area contributed by atoms with Crippen molar-refractivity contribution in [1.29, 1.82) is 0 Å². The molecule has 1 aliphatic carbocycles. The Balaban J connectivity index is 1.54. The number of carbonyl (C=O) groups is 2. The van der Waals surface area contributed by atoms with Crippen molar-refractivity contribution < 1.29 is 19.4 Å². The van der Waals surface area contributed by atoms with E-state index in [1.807, 2.05) is 36.4 Å². The van der Waals surface area contributed by atoms with Crippen molar-refractivity contribution in [2.75, 3.05) is 13.7 Å². The molecule has 1 amide bonds. The Labute approximate surface area is 183 Å². The van der Waals surface area contributed by atoms with Gasteiger partial charge in [-0.3, -0.25) is 4.90 Å². The first kappa shape index (κ1) is 20.2. The van der Waals surface area contributed by atoms with Crippen LogP contribution in [0.1, 0.15) is 28.7 Å². The first-order chi connectivity index (χ1) is 14.5. The van der Waals surface area contributed by atoms with Crippen molar-refractivity contribution in [1.82, 2.24) is 4.90 Å². The molecule has 30 heavy (non-hydrogen) atoms. The van der Waals surface area contributed by atoms with Crippen molar-refractivity contribution in [3.8, 4) is 11.1 Å². The lowest BCUT2D eigenvalue weighted by Crippen LogP contribution is -2.36. The summed E-state index contributed by atoms with van der Waals surface area (Å²) in [5.74, 6) is -1.20. The molecule has 1 aliphatic rings. The smallest absolute Gasteiger partial charge is 0.410 e. The molecule has 0 bridgehead atoms. The van der Waals surface area contributed by atoms with Crippen molar-refractivity contribution in [3.63, 3.8) is 0 Å². The fourth-order valence-corrected chi connectivity index (χ4v) is 4.43. The van der Waals surface area contributed by atoms with Gasteiger partial charge in [0.1, 0.15) is 6.61 Å². The van der Waals surface area contributed by atoms with Crippen LogP contribution in [0.2, 0.25) is 0 Å². The SMILES string of the molecule is CN(C(=O)OCC1c2ccccc2-c2ccccc21)C(C(=O)O)c1cccc(Br)c1.